The number of carbonyl (C=O) groups is 10. The summed E-state index contributed by atoms with van der Waals surface area (Å²) in [6, 6.07) is 19.0. The zero-order valence-corrected chi connectivity index (χ0v) is 52.7. The van der Waals surface area contributed by atoms with Crippen molar-refractivity contribution in [1.82, 2.24) is 36.4 Å². The Kier molecular flexibility index (Phi) is 22.4. The average Bonchev–Trinajstić information content (AvgIpc) is 0.797. The van der Waals surface area contributed by atoms with E-state index in [-0.39, 0.29) is 101 Å². The van der Waals surface area contributed by atoms with Gasteiger partial charge in [0.25, 0.3) is 31.9 Å². The van der Waals surface area contributed by atoms with Crippen molar-refractivity contribution in [3.05, 3.63) is 107 Å². The summed E-state index contributed by atoms with van der Waals surface area (Å²) in [5.41, 5.74) is 11.4. The summed E-state index contributed by atoms with van der Waals surface area (Å²) in [5, 5.41) is 15.3. The molecule has 0 aliphatic carbocycles. The SMILES string of the molecule is CC(C)C[C@H](NC(=O)[C@H](CCCCNC(=O)OC(C)(C)C)NC(=O)[C@H](CC(C)C)NC(=O)[C@H](CN1C(=O)c2ccc3c4c(ccc(c24)C1=O)C(=O)N(CCO[Si](c1ccccc1)(c1ccccc1)C(C)(C)C)C3=O)NC(=O)[C@@H](N)CC(C)C)C(N)=O. The van der Waals surface area contributed by atoms with Crippen LogP contribution in [0, 0.1) is 17.8 Å². The van der Waals surface area contributed by atoms with Crippen molar-refractivity contribution in [2.45, 2.75) is 162 Å². The van der Waals surface area contributed by atoms with Crippen molar-refractivity contribution < 1.29 is 57.1 Å². The van der Waals surface area contributed by atoms with Crippen LogP contribution in [0.1, 0.15) is 163 Å². The molecule has 9 N–H and O–H groups in total. The predicted molar refractivity (Wildman–Crippen MR) is 330 cm³/mol. The van der Waals surface area contributed by atoms with Gasteiger partial charge in [0.05, 0.1) is 25.7 Å². The lowest BCUT2D eigenvalue weighted by Crippen LogP contribution is -2.67. The summed E-state index contributed by atoms with van der Waals surface area (Å²) < 4.78 is 12.4. The van der Waals surface area contributed by atoms with Gasteiger partial charge < -0.3 is 47.2 Å². The molecule has 0 saturated carbocycles. The number of nitrogens with one attached hydrogen (secondary N) is 5. The van der Waals surface area contributed by atoms with Gasteiger partial charge in [-0.25, -0.2) is 4.79 Å². The van der Waals surface area contributed by atoms with Gasteiger partial charge in [-0.1, -0.05) is 123 Å². The van der Waals surface area contributed by atoms with Crippen LogP contribution in [0.5, 0.6) is 0 Å². The van der Waals surface area contributed by atoms with Gasteiger partial charge in [0.1, 0.15) is 29.8 Å². The number of benzene rings is 4. The molecule has 0 bridgehead atoms. The summed E-state index contributed by atoms with van der Waals surface area (Å²) >= 11 is 0. The molecule has 5 atom stereocenters. The van der Waals surface area contributed by atoms with Crippen LogP contribution in [-0.2, 0) is 33.1 Å². The molecule has 4 aromatic rings. The first-order valence-corrected chi connectivity index (χ1v) is 31.6. The summed E-state index contributed by atoms with van der Waals surface area (Å²) in [5.74, 6) is -7.42. The number of hydrogen-bond acceptors (Lipinski definition) is 13. The van der Waals surface area contributed by atoms with Crippen molar-refractivity contribution in [2.24, 2.45) is 29.2 Å². The number of amides is 10. The van der Waals surface area contributed by atoms with Crippen LogP contribution >= 0.6 is 0 Å². The van der Waals surface area contributed by atoms with Gasteiger partial charge in [0, 0.05) is 39.6 Å². The van der Waals surface area contributed by atoms with E-state index in [0.29, 0.717) is 12.8 Å². The number of nitrogens with zero attached hydrogens (tertiary/aromatic N) is 2. The molecule has 21 nitrogen and oxygen atoms in total. The molecule has 464 valence electrons. The molecule has 0 radical (unpaired) electrons. The zero-order valence-electron chi connectivity index (χ0n) is 51.7. The second-order valence-corrected chi connectivity index (χ2v) is 29.9. The number of nitrogens with two attached hydrogens (primary N) is 2. The molecule has 0 aromatic heterocycles. The van der Waals surface area contributed by atoms with Crippen molar-refractivity contribution in [2.75, 3.05) is 26.2 Å². The van der Waals surface area contributed by atoms with E-state index in [1.54, 1.807) is 34.6 Å². The third-order valence-electron chi connectivity index (χ3n) is 15.1. The van der Waals surface area contributed by atoms with Crippen LogP contribution in [0.25, 0.3) is 10.8 Å². The van der Waals surface area contributed by atoms with Gasteiger partial charge in [-0.15, -0.1) is 0 Å². The molecule has 0 fully saturated rings. The van der Waals surface area contributed by atoms with Crippen LogP contribution in [0.15, 0.2) is 84.9 Å². The number of unbranched alkanes of at least 4 members (excludes halogenated alkanes) is 1. The predicted octanol–water partition coefficient (Wildman–Crippen LogP) is 5.19. The highest BCUT2D eigenvalue weighted by atomic mass is 28.4. The fraction of sp³-hybridized carbons (Fsp3) is 0.500. The van der Waals surface area contributed by atoms with E-state index >= 15 is 0 Å². The number of rotatable bonds is 28. The lowest BCUT2D eigenvalue weighted by Gasteiger charge is -2.43. The highest BCUT2D eigenvalue weighted by Crippen LogP contribution is 2.39. The monoisotopic (exact) mass is 1200 g/mol. The number of alkyl carbamates (subject to hydrolysis) is 1. The maximum atomic E-state index is 14.8. The summed E-state index contributed by atoms with van der Waals surface area (Å²) in [7, 11) is -3.07. The highest BCUT2D eigenvalue weighted by molar-refractivity contribution is 6.99. The van der Waals surface area contributed by atoms with E-state index in [9.17, 15) is 47.9 Å². The quantitative estimate of drug-likeness (QED) is 0.0219. The lowest BCUT2D eigenvalue weighted by atomic mass is 9.86. The first-order chi connectivity index (χ1) is 40.4. The first-order valence-electron chi connectivity index (χ1n) is 29.7. The van der Waals surface area contributed by atoms with E-state index in [4.69, 9.17) is 20.6 Å². The Morgan fingerprint density at radius 2 is 0.953 bits per heavy atom. The highest BCUT2D eigenvalue weighted by Gasteiger charge is 2.51. The second-order valence-electron chi connectivity index (χ2n) is 25.6. The topological polar surface area (TPSA) is 308 Å². The minimum Gasteiger partial charge on any atom is -0.444 e. The largest absolute Gasteiger partial charge is 0.444 e. The Balaban J connectivity index is 1.26. The number of ether oxygens (including phenoxy) is 1. The van der Waals surface area contributed by atoms with E-state index in [1.807, 2.05) is 88.4 Å². The van der Waals surface area contributed by atoms with Crippen LogP contribution in [-0.4, -0.2) is 139 Å². The zero-order chi connectivity index (χ0) is 63.6. The van der Waals surface area contributed by atoms with Crippen molar-refractivity contribution in [1.29, 1.82) is 0 Å². The molecule has 22 heteroatoms. The summed E-state index contributed by atoms with van der Waals surface area (Å²) in [6.45, 7) is 21.9. The number of imide groups is 2. The van der Waals surface area contributed by atoms with Crippen LogP contribution in [0.2, 0.25) is 5.04 Å². The molecular weight excluding hydrogens is 1110 g/mol. The van der Waals surface area contributed by atoms with E-state index in [1.165, 1.54) is 24.3 Å². The third kappa shape index (κ3) is 16.2. The lowest BCUT2D eigenvalue weighted by molar-refractivity contribution is -0.135. The van der Waals surface area contributed by atoms with E-state index in [2.05, 4.69) is 47.4 Å². The summed E-state index contributed by atoms with van der Waals surface area (Å²) in [6.07, 6.45) is 0.500. The number of hydrogen-bond donors (Lipinski definition) is 7. The van der Waals surface area contributed by atoms with Gasteiger partial charge in [0.15, 0.2) is 0 Å². The Morgan fingerprint density at radius 1 is 0.535 bits per heavy atom. The Hall–Kier alpha value is -7.82. The normalized spacial score (nSPS) is 15.3. The Morgan fingerprint density at radius 3 is 1.41 bits per heavy atom. The van der Waals surface area contributed by atoms with Crippen LogP contribution in [0.4, 0.5) is 4.79 Å². The number of carbonyl (C=O) groups excluding carboxylic acids is 10. The van der Waals surface area contributed by atoms with Crippen molar-refractivity contribution in [3.8, 4) is 0 Å². The van der Waals surface area contributed by atoms with Crippen LogP contribution < -0.4 is 48.4 Å². The molecule has 0 spiro atoms. The van der Waals surface area contributed by atoms with Crippen molar-refractivity contribution >= 4 is 88.7 Å². The molecule has 0 saturated heterocycles. The molecule has 2 aliphatic rings. The van der Waals surface area contributed by atoms with Gasteiger partial charge >= 0.3 is 6.09 Å². The fourth-order valence-corrected chi connectivity index (χ4v) is 15.7. The maximum absolute atomic E-state index is 14.8. The third-order valence-corrected chi connectivity index (χ3v) is 20.1. The van der Waals surface area contributed by atoms with Crippen molar-refractivity contribution in [3.63, 3.8) is 0 Å². The first kappa shape index (κ1) is 67.3. The Bertz CT molecular complexity index is 3070. The van der Waals surface area contributed by atoms with E-state index in [0.717, 1.165) is 20.2 Å². The molecule has 4 aromatic carbocycles. The standard InChI is InChI=1S/C64H87N9O12Si/c1-37(2)33-46(65)54(75)71-50(57(78)70-49(35-39(5)6)56(77)68-47(55(76)69-48(53(66)74)34-38(3)4)25-19-20-30-67-62(83)85-63(7,8)9)36-73-60(81)44-28-26-42-51-43(27-29-45(52(44)51)61(73)82)59(80)72(58(42)79)31-32-84-86(64(10,11)12,40-21-15-13-16-22-40)41-23-17-14-18-24-41/h13-18,21-24,26-29,37-39,46-50H,19-20,25,30-36,65H2,1-12H3,(H2,66,74)(H,67,83)(H,68,77)(H,69,76)(H,70,78)(H,71,75)/t46-,47-,48-,49-,50-/m0/s1. The molecule has 6 rings (SSSR count). The summed E-state index contributed by atoms with van der Waals surface area (Å²) in [4.78, 5) is 142. The van der Waals surface area contributed by atoms with Gasteiger partial charge in [-0.3, -0.25) is 53.0 Å². The smallest absolute Gasteiger partial charge is 0.407 e. The molecule has 2 aliphatic heterocycles. The average molecular weight is 1200 g/mol. The fourth-order valence-electron chi connectivity index (χ4n) is 11.1. The van der Waals surface area contributed by atoms with Gasteiger partial charge in [-0.2, -0.15) is 0 Å². The molecule has 0 unspecified atom stereocenters. The molecular formula is C64H87N9O12Si. The molecule has 10 amide bonds. The van der Waals surface area contributed by atoms with Gasteiger partial charge in [-0.05, 0) is 117 Å². The number of primary amides is 1. The van der Waals surface area contributed by atoms with E-state index < -0.39 is 110 Å². The Labute approximate surface area is 505 Å². The van der Waals surface area contributed by atoms with Crippen LogP contribution in [0.3, 0.4) is 0 Å². The molecule has 86 heavy (non-hydrogen) atoms. The minimum atomic E-state index is -3.07. The molecule has 2 heterocycles. The van der Waals surface area contributed by atoms with Gasteiger partial charge in [0.2, 0.25) is 29.5 Å². The second kappa shape index (κ2) is 28.6. The maximum Gasteiger partial charge on any atom is 0.407 e. The minimum absolute atomic E-state index is 0.00885.